The zero-order chi connectivity index (χ0) is 35.6. The van der Waals surface area contributed by atoms with Gasteiger partial charge in [-0.25, -0.2) is 18.6 Å². The van der Waals surface area contributed by atoms with Crippen molar-refractivity contribution >= 4 is 23.7 Å². The van der Waals surface area contributed by atoms with E-state index in [1.54, 1.807) is 34.6 Å². The molecule has 4 rings (SSSR count). The van der Waals surface area contributed by atoms with Crippen LogP contribution in [0.2, 0.25) is 0 Å². The average Bonchev–Trinajstić information content (AvgIpc) is 3.59. The van der Waals surface area contributed by atoms with Crippen LogP contribution in [0.4, 0.5) is 13.6 Å². The lowest BCUT2D eigenvalue weighted by Crippen LogP contribution is -2.47. The van der Waals surface area contributed by atoms with E-state index in [0.29, 0.717) is 11.3 Å². The number of carbonyl (C=O) groups is 1. The summed E-state index contributed by atoms with van der Waals surface area (Å²) in [6, 6.07) is 2.01. The number of aliphatic hydroxyl groups is 1. The molecule has 16 heteroatoms. The Bertz CT molecular complexity index is 1450. The van der Waals surface area contributed by atoms with Crippen LogP contribution in [0, 0.1) is 21.7 Å². The maximum Gasteiger partial charge on any atom is 0.416 e. The largest absolute Gasteiger partial charge is 0.443 e. The fraction of sp³-hybridized carbons (Fsp3) is 0.625. The van der Waals surface area contributed by atoms with E-state index < -0.39 is 81.9 Å². The van der Waals surface area contributed by atoms with E-state index in [4.69, 9.17) is 24.7 Å². The third-order valence-electron chi connectivity index (χ3n) is 7.83. The summed E-state index contributed by atoms with van der Waals surface area (Å²) in [5.41, 5.74) is 5.26. The molecule has 4 N–H and O–H groups in total. The normalized spacial score (nSPS) is 26.8. The van der Waals surface area contributed by atoms with Gasteiger partial charge in [-0.2, -0.15) is 0 Å². The molecule has 48 heavy (non-hydrogen) atoms. The number of hydrogen-bond acceptors (Lipinski definition) is 11. The Balaban J connectivity index is 1.78. The highest BCUT2D eigenvalue weighted by Gasteiger charge is 2.56. The summed E-state index contributed by atoms with van der Waals surface area (Å²) in [5, 5.41) is 25.7. The van der Waals surface area contributed by atoms with Gasteiger partial charge in [0.1, 0.15) is 17.8 Å². The number of hydrogen-bond donors (Lipinski definition) is 3. The number of rotatable bonds is 13. The predicted octanol–water partition coefficient (Wildman–Crippen LogP) is 4.73. The Morgan fingerprint density at radius 2 is 1.96 bits per heavy atom. The molecule has 266 valence electrons. The second kappa shape index (κ2) is 15.1. The summed E-state index contributed by atoms with van der Waals surface area (Å²) in [6.07, 6.45) is -1.32. The number of aliphatic hydroxyl groups excluding tert-OH is 1. The Kier molecular flexibility index (Phi) is 11.8. The van der Waals surface area contributed by atoms with Crippen LogP contribution in [0.15, 0.2) is 46.3 Å². The number of amidine groups is 1. The number of nitro groups is 1. The Morgan fingerprint density at radius 3 is 2.56 bits per heavy atom. The molecule has 1 amide bonds. The standard InChI is InChI=1S/C32H45F2N5O8S/c1-8-13-48-17(2)36-29(37-22-16-24(44-12-11-40)27-26(22)45-32(6,7)46-27)25(39(42)43)28(35)38(30(41)47-31(3,4)5)23-15-19(23)18-9-10-20(33)21(34)14-18/h9-10,14,19,22-24,26-27,40H,2,8,11-13,15-16,35H2,1,3-7H3,(H,36,37)/b28-25-/t19-,22+,23+,24-,26-,27+/m0/s1. The van der Waals surface area contributed by atoms with Crippen molar-refractivity contribution in [2.24, 2.45) is 10.7 Å². The van der Waals surface area contributed by atoms with Crippen molar-refractivity contribution in [2.75, 3.05) is 19.0 Å². The van der Waals surface area contributed by atoms with E-state index >= 15 is 0 Å². The van der Waals surface area contributed by atoms with Gasteiger partial charge in [0.15, 0.2) is 23.2 Å². The summed E-state index contributed by atoms with van der Waals surface area (Å²) in [5.74, 6) is -3.77. The summed E-state index contributed by atoms with van der Waals surface area (Å²) in [4.78, 5) is 31.3. The molecule has 0 spiro atoms. The van der Waals surface area contributed by atoms with Crippen LogP contribution in [-0.4, -0.2) is 87.6 Å². The van der Waals surface area contributed by atoms with Gasteiger partial charge >= 0.3 is 11.8 Å². The second-order valence-corrected chi connectivity index (χ2v) is 14.5. The minimum absolute atomic E-state index is 0.0498. The third-order valence-corrected chi connectivity index (χ3v) is 8.86. The highest BCUT2D eigenvalue weighted by atomic mass is 32.2. The van der Waals surface area contributed by atoms with Crippen LogP contribution in [0.25, 0.3) is 0 Å². The molecule has 0 unspecified atom stereocenters. The molecule has 13 nitrogen and oxygen atoms in total. The Morgan fingerprint density at radius 1 is 1.27 bits per heavy atom. The number of amides is 1. The van der Waals surface area contributed by atoms with Gasteiger partial charge in [-0.3, -0.25) is 15.0 Å². The van der Waals surface area contributed by atoms with E-state index in [2.05, 4.69) is 16.9 Å². The zero-order valence-electron chi connectivity index (χ0n) is 28.0. The first-order valence-corrected chi connectivity index (χ1v) is 16.8. The van der Waals surface area contributed by atoms with Crippen LogP contribution >= 0.6 is 11.8 Å². The molecule has 1 heterocycles. The van der Waals surface area contributed by atoms with Gasteiger partial charge in [0, 0.05) is 12.0 Å². The van der Waals surface area contributed by atoms with Crippen LogP contribution in [-0.2, 0) is 18.9 Å². The lowest BCUT2D eigenvalue weighted by atomic mass is 10.1. The topological polar surface area (TPSA) is 171 Å². The molecule has 6 atom stereocenters. The van der Waals surface area contributed by atoms with Crippen LogP contribution < -0.4 is 11.1 Å². The summed E-state index contributed by atoms with van der Waals surface area (Å²) >= 11 is 1.29. The Hall–Kier alpha value is -3.31. The molecule has 2 aliphatic carbocycles. The number of nitrogens with zero attached hydrogens (tertiary/aromatic N) is 3. The lowest BCUT2D eigenvalue weighted by molar-refractivity contribution is -0.417. The number of carbonyl (C=O) groups excluding carboxylic acids is 1. The van der Waals surface area contributed by atoms with E-state index in [1.165, 1.54) is 17.8 Å². The first kappa shape index (κ1) is 37.5. The molecule has 1 aliphatic heterocycles. The number of halogens is 2. The van der Waals surface area contributed by atoms with E-state index in [0.717, 1.165) is 23.5 Å². The molecule has 0 bridgehead atoms. The molecular formula is C32H45F2N5O8S. The monoisotopic (exact) mass is 697 g/mol. The molecule has 1 aromatic carbocycles. The van der Waals surface area contributed by atoms with Gasteiger partial charge in [0.05, 0.1) is 35.3 Å². The van der Waals surface area contributed by atoms with E-state index in [9.17, 15) is 28.8 Å². The molecule has 3 aliphatic rings. The van der Waals surface area contributed by atoms with Gasteiger partial charge in [-0.1, -0.05) is 19.6 Å². The fourth-order valence-electron chi connectivity index (χ4n) is 5.86. The molecule has 1 aromatic rings. The number of ether oxygens (including phenoxy) is 4. The number of nitrogens with one attached hydrogen (secondary N) is 1. The Labute approximate surface area is 283 Å². The summed E-state index contributed by atoms with van der Waals surface area (Å²) in [7, 11) is 0. The van der Waals surface area contributed by atoms with Gasteiger partial charge in [0.2, 0.25) is 5.84 Å². The van der Waals surface area contributed by atoms with Crippen LogP contribution in [0.1, 0.15) is 72.3 Å². The van der Waals surface area contributed by atoms with Gasteiger partial charge < -0.3 is 35.1 Å². The van der Waals surface area contributed by atoms with E-state index in [1.807, 2.05) is 6.92 Å². The molecule has 1 saturated heterocycles. The molecule has 0 aromatic heterocycles. The van der Waals surface area contributed by atoms with Crippen molar-refractivity contribution in [1.82, 2.24) is 10.2 Å². The fourth-order valence-corrected chi connectivity index (χ4v) is 6.45. The number of nitrogens with two attached hydrogens (primary N) is 1. The van der Waals surface area contributed by atoms with Crippen molar-refractivity contribution in [3.63, 3.8) is 0 Å². The second-order valence-electron chi connectivity index (χ2n) is 13.3. The highest BCUT2D eigenvalue weighted by molar-refractivity contribution is 8.03. The molecule has 2 saturated carbocycles. The smallest absolute Gasteiger partial charge is 0.416 e. The highest BCUT2D eigenvalue weighted by Crippen LogP contribution is 2.47. The van der Waals surface area contributed by atoms with Crippen molar-refractivity contribution in [1.29, 1.82) is 0 Å². The quantitative estimate of drug-likeness (QED) is 0.113. The van der Waals surface area contributed by atoms with Gasteiger partial charge in [0.25, 0.3) is 0 Å². The number of aliphatic imine (C=N–C) groups is 1. The first-order chi connectivity index (χ1) is 22.5. The first-order valence-electron chi connectivity index (χ1n) is 15.8. The van der Waals surface area contributed by atoms with E-state index in [-0.39, 0.29) is 36.9 Å². The van der Waals surface area contributed by atoms with Gasteiger partial charge in [-0.05, 0) is 77.3 Å². The minimum Gasteiger partial charge on any atom is -0.443 e. The maximum atomic E-state index is 14.1. The predicted molar refractivity (Wildman–Crippen MR) is 175 cm³/mol. The molecular weight excluding hydrogens is 652 g/mol. The summed E-state index contributed by atoms with van der Waals surface area (Å²) < 4.78 is 51.5. The number of benzene rings is 1. The average molecular weight is 698 g/mol. The lowest BCUT2D eigenvalue weighted by Gasteiger charge is -2.28. The summed E-state index contributed by atoms with van der Waals surface area (Å²) in [6.45, 7) is 14.2. The van der Waals surface area contributed by atoms with Crippen LogP contribution in [0.5, 0.6) is 0 Å². The zero-order valence-corrected chi connectivity index (χ0v) is 28.9. The van der Waals surface area contributed by atoms with Crippen molar-refractivity contribution in [3.05, 3.63) is 68.6 Å². The maximum absolute atomic E-state index is 14.1. The van der Waals surface area contributed by atoms with Crippen molar-refractivity contribution in [2.45, 2.75) is 109 Å². The number of thioether (sulfide) groups is 1. The molecule has 3 fully saturated rings. The SMILES string of the molecule is C=C(/N=C(N[C@@H]1C[C@H](OCCO)[C@H]2OC(C)(C)O[C@H]21)\C(=C(/N)N(C(=O)OC(C)(C)C)[C@@H]1C[C@H]1c1ccc(F)c(F)c1)[N+](=O)[O-])SCCC. The van der Waals surface area contributed by atoms with Crippen molar-refractivity contribution < 1.29 is 42.6 Å². The molecule has 0 radical (unpaired) electrons. The van der Waals surface area contributed by atoms with Gasteiger partial charge in [-0.15, -0.1) is 11.8 Å². The third kappa shape index (κ3) is 9.02. The minimum atomic E-state index is -1.06. The van der Waals surface area contributed by atoms with Crippen LogP contribution in [0.3, 0.4) is 0 Å². The van der Waals surface area contributed by atoms with Crippen molar-refractivity contribution in [3.8, 4) is 0 Å². The number of fused-ring (bicyclic) bond motifs is 1.